The Morgan fingerprint density at radius 3 is 2.07 bits per heavy atom. The van der Waals surface area contributed by atoms with Crippen LogP contribution in [0.3, 0.4) is 0 Å². The number of hydrogen-bond donors (Lipinski definition) is 4. The third kappa shape index (κ3) is 8.73. The van der Waals surface area contributed by atoms with Crippen LogP contribution in [0.2, 0.25) is 0 Å². The van der Waals surface area contributed by atoms with Gasteiger partial charge in [0.1, 0.15) is 5.82 Å². The number of nitrogens with one attached hydrogen (secondary N) is 2. The molecular formula is C21H36FN3S2. The van der Waals surface area contributed by atoms with Crippen LogP contribution >= 0.6 is 25.3 Å². The summed E-state index contributed by atoms with van der Waals surface area (Å²) in [6.45, 7) is 14.2. The van der Waals surface area contributed by atoms with E-state index in [2.05, 4.69) is 68.5 Å². The van der Waals surface area contributed by atoms with Gasteiger partial charge in [0, 0.05) is 54.3 Å². The van der Waals surface area contributed by atoms with Crippen molar-refractivity contribution in [1.82, 2.24) is 15.5 Å². The van der Waals surface area contributed by atoms with Crippen LogP contribution in [0.5, 0.6) is 0 Å². The van der Waals surface area contributed by atoms with E-state index in [4.69, 9.17) is 0 Å². The lowest BCUT2D eigenvalue weighted by Crippen LogP contribution is -2.60. The van der Waals surface area contributed by atoms with Crippen molar-refractivity contribution in [2.24, 2.45) is 0 Å². The van der Waals surface area contributed by atoms with Crippen LogP contribution in [0.25, 0.3) is 0 Å². The predicted octanol–water partition coefficient (Wildman–Crippen LogP) is 3.76. The Hall–Kier alpha value is -0.270. The Morgan fingerprint density at radius 2 is 1.56 bits per heavy atom. The molecule has 6 heteroatoms. The molecule has 0 atom stereocenters. The lowest BCUT2D eigenvalue weighted by Gasteiger charge is -2.44. The van der Waals surface area contributed by atoms with E-state index in [0.717, 1.165) is 52.1 Å². The minimum absolute atomic E-state index is 0.0205. The van der Waals surface area contributed by atoms with Crippen LogP contribution in [-0.4, -0.2) is 52.7 Å². The number of rotatable bonds is 9. The van der Waals surface area contributed by atoms with Gasteiger partial charge in [-0.1, -0.05) is 12.1 Å². The highest BCUT2D eigenvalue weighted by Crippen LogP contribution is 2.25. The quantitative estimate of drug-likeness (QED) is 0.465. The first kappa shape index (κ1) is 23.0. The smallest absolute Gasteiger partial charge is 0.123 e. The maximum atomic E-state index is 13.1. The standard InChI is InChI=1S/C21H36FN3S2/c1-19(2,26)14-23-16-21(24-15-20(3,4)27)9-11-25(12-10-21)13-17-5-7-18(22)8-6-17/h5-8,23-24,26-27H,9-16H2,1-4H3. The maximum absolute atomic E-state index is 13.1. The van der Waals surface area contributed by atoms with Gasteiger partial charge in [-0.3, -0.25) is 4.90 Å². The van der Waals surface area contributed by atoms with Gasteiger partial charge in [0.15, 0.2) is 0 Å². The van der Waals surface area contributed by atoms with Gasteiger partial charge in [0.05, 0.1) is 0 Å². The summed E-state index contributed by atoms with van der Waals surface area (Å²) in [6, 6.07) is 6.86. The largest absolute Gasteiger partial charge is 0.314 e. The van der Waals surface area contributed by atoms with Gasteiger partial charge in [0.2, 0.25) is 0 Å². The molecule has 2 rings (SSSR count). The van der Waals surface area contributed by atoms with Crippen molar-refractivity contribution >= 4 is 25.3 Å². The van der Waals surface area contributed by atoms with Gasteiger partial charge < -0.3 is 10.6 Å². The zero-order valence-corrected chi connectivity index (χ0v) is 19.0. The van der Waals surface area contributed by atoms with E-state index >= 15 is 0 Å². The number of benzene rings is 1. The summed E-state index contributed by atoms with van der Waals surface area (Å²) in [7, 11) is 0. The number of nitrogens with zero attached hydrogens (tertiary/aromatic N) is 1. The molecule has 0 radical (unpaired) electrons. The van der Waals surface area contributed by atoms with Crippen LogP contribution in [0.4, 0.5) is 4.39 Å². The molecule has 0 aromatic heterocycles. The second-order valence-corrected chi connectivity index (χ2v) is 11.7. The van der Waals surface area contributed by atoms with Gasteiger partial charge in [-0.15, -0.1) is 0 Å². The number of piperidine rings is 1. The Kier molecular flexibility index (Phi) is 8.08. The van der Waals surface area contributed by atoms with E-state index in [-0.39, 0.29) is 20.9 Å². The van der Waals surface area contributed by atoms with Gasteiger partial charge >= 0.3 is 0 Å². The van der Waals surface area contributed by atoms with E-state index < -0.39 is 0 Å². The highest BCUT2D eigenvalue weighted by Gasteiger charge is 2.35. The Bertz CT molecular complexity index is 571. The molecule has 1 saturated heterocycles. The molecule has 0 unspecified atom stereocenters. The molecule has 1 aliphatic heterocycles. The zero-order chi connectivity index (χ0) is 20.1. The molecule has 1 fully saturated rings. The molecule has 1 heterocycles. The topological polar surface area (TPSA) is 27.3 Å². The summed E-state index contributed by atoms with van der Waals surface area (Å²) >= 11 is 9.31. The van der Waals surface area contributed by atoms with E-state index in [1.807, 2.05) is 12.1 Å². The average Bonchev–Trinajstić information content (AvgIpc) is 2.55. The van der Waals surface area contributed by atoms with Crippen molar-refractivity contribution < 1.29 is 4.39 Å². The average molecular weight is 414 g/mol. The fourth-order valence-electron chi connectivity index (χ4n) is 3.41. The molecule has 154 valence electrons. The molecule has 1 aromatic carbocycles. The summed E-state index contributed by atoms with van der Waals surface area (Å²) < 4.78 is 13.0. The molecule has 0 bridgehead atoms. The SMILES string of the molecule is CC(C)(S)CNCC1(NCC(C)(C)S)CCN(Cc2ccc(F)cc2)CC1. The van der Waals surface area contributed by atoms with Crippen molar-refractivity contribution in [3.63, 3.8) is 0 Å². The molecule has 0 saturated carbocycles. The number of hydrogen-bond acceptors (Lipinski definition) is 5. The Morgan fingerprint density at radius 1 is 1.00 bits per heavy atom. The molecule has 1 aromatic rings. The minimum atomic E-state index is -0.173. The number of likely N-dealkylation sites (tertiary alicyclic amines) is 1. The summed E-state index contributed by atoms with van der Waals surface area (Å²) in [6.07, 6.45) is 2.16. The summed E-state index contributed by atoms with van der Waals surface area (Å²) in [5.41, 5.74) is 1.25. The van der Waals surface area contributed by atoms with Crippen molar-refractivity contribution in [2.45, 2.75) is 62.1 Å². The number of halogens is 1. The van der Waals surface area contributed by atoms with Crippen LogP contribution in [0.1, 0.15) is 46.1 Å². The molecule has 2 N–H and O–H groups in total. The van der Waals surface area contributed by atoms with Gasteiger partial charge in [-0.25, -0.2) is 4.39 Å². The Balaban J connectivity index is 1.93. The molecular weight excluding hydrogens is 377 g/mol. The van der Waals surface area contributed by atoms with Crippen LogP contribution in [0.15, 0.2) is 24.3 Å². The minimum Gasteiger partial charge on any atom is -0.314 e. The Labute approximate surface area is 175 Å². The second-order valence-electron chi connectivity index (χ2n) is 9.26. The predicted molar refractivity (Wildman–Crippen MR) is 121 cm³/mol. The lowest BCUT2D eigenvalue weighted by molar-refractivity contribution is 0.125. The highest BCUT2D eigenvalue weighted by atomic mass is 32.1. The third-order valence-corrected chi connectivity index (χ3v) is 5.37. The van der Waals surface area contributed by atoms with Crippen LogP contribution < -0.4 is 10.6 Å². The van der Waals surface area contributed by atoms with Crippen molar-refractivity contribution in [2.75, 3.05) is 32.7 Å². The fourth-order valence-corrected chi connectivity index (χ4v) is 3.61. The normalized spacial score (nSPS) is 18.6. The summed E-state index contributed by atoms with van der Waals surface area (Å²) in [4.78, 5) is 2.46. The van der Waals surface area contributed by atoms with Gasteiger partial charge in [0.25, 0.3) is 0 Å². The highest BCUT2D eigenvalue weighted by molar-refractivity contribution is 7.82. The second kappa shape index (κ2) is 9.49. The first-order chi connectivity index (χ1) is 12.5. The molecule has 0 spiro atoms. The maximum Gasteiger partial charge on any atom is 0.123 e. The molecule has 27 heavy (non-hydrogen) atoms. The lowest BCUT2D eigenvalue weighted by atomic mass is 9.86. The van der Waals surface area contributed by atoms with E-state index in [1.54, 1.807) is 12.1 Å². The number of thiol groups is 2. The summed E-state index contributed by atoms with van der Waals surface area (Å²) in [5, 5.41) is 7.43. The van der Waals surface area contributed by atoms with Crippen LogP contribution in [-0.2, 0) is 6.54 Å². The van der Waals surface area contributed by atoms with E-state index in [0.29, 0.717) is 0 Å². The molecule has 1 aliphatic rings. The monoisotopic (exact) mass is 413 g/mol. The molecule has 0 amide bonds. The fraction of sp³-hybridized carbons (Fsp3) is 0.714. The zero-order valence-electron chi connectivity index (χ0n) is 17.2. The molecule has 3 nitrogen and oxygen atoms in total. The van der Waals surface area contributed by atoms with Gasteiger partial charge in [-0.05, 0) is 58.2 Å². The van der Waals surface area contributed by atoms with Gasteiger partial charge in [-0.2, -0.15) is 25.3 Å². The summed E-state index contributed by atoms with van der Waals surface area (Å²) in [5.74, 6) is -0.173. The van der Waals surface area contributed by atoms with Crippen molar-refractivity contribution in [1.29, 1.82) is 0 Å². The van der Waals surface area contributed by atoms with E-state index in [9.17, 15) is 4.39 Å². The van der Waals surface area contributed by atoms with Crippen LogP contribution in [0, 0.1) is 5.82 Å². The van der Waals surface area contributed by atoms with E-state index in [1.165, 1.54) is 5.56 Å². The first-order valence-corrected chi connectivity index (χ1v) is 10.7. The third-order valence-electron chi connectivity index (χ3n) is 5.05. The molecule has 0 aliphatic carbocycles. The first-order valence-electron chi connectivity index (χ1n) is 9.84. The van der Waals surface area contributed by atoms with Crippen molar-refractivity contribution in [3.05, 3.63) is 35.6 Å². The van der Waals surface area contributed by atoms with Crippen molar-refractivity contribution in [3.8, 4) is 0 Å².